The number of para-hydroxylation sites is 4. The molecule has 9 aromatic carbocycles. The van der Waals surface area contributed by atoms with Gasteiger partial charge in [-0.2, -0.15) is 0 Å². The Morgan fingerprint density at radius 3 is 1.67 bits per heavy atom. The first kappa shape index (κ1) is 39.2. The van der Waals surface area contributed by atoms with Crippen LogP contribution in [-0.2, 0) is 5.41 Å². The Kier molecular flexibility index (Phi) is 9.06. The van der Waals surface area contributed by atoms with E-state index >= 15 is 0 Å². The normalized spacial score (nSPS) is 13.2. The molecule has 0 amide bonds. The minimum absolute atomic E-state index is 0.235. The van der Waals surface area contributed by atoms with Gasteiger partial charge in [0.05, 0.1) is 22.1 Å². The predicted octanol–water partition coefficient (Wildman–Crippen LogP) is 17.6. The Balaban J connectivity index is 0.940. The van der Waals surface area contributed by atoms with Crippen LogP contribution in [0.5, 0.6) is 0 Å². The molecule has 0 fully saturated rings. The molecule has 318 valence electrons. The van der Waals surface area contributed by atoms with Crippen LogP contribution in [0.25, 0.3) is 88.4 Å². The van der Waals surface area contributed by atoms with Crippen LogP contribution in [0.2, 0.25) is 0 Å². The second kappa shape index (κ2) is 15.5. The third kappa shape index (κ3) is 6.32. The van der Waals surface area contributed by atoms with Gasteiger partial charge in [-0.05, 0) is 141 Å². The number of anilines is 3. The van der Waals surface area contributed by atoms with Gasteiger partial charge >= 0.3 is 0 Å². The number of rotatable bonds is 8. The zero-order chi connectivity index (χ0) is 44.6. The summed E-state index contributed by atoms with van der Waals surface area (Å²) in [7, 11) is 0. The van der Waals surface area contributed by atoms with Crippen LogP contribution < -0.4 is 4.90 Å². The number of hydrogen-bond donors (Lipinski definition) is 0. The first-order chi connectivity index (χ1) is 33.0. The minimum atomic E-state index is -0.235. The molecule has 12 aromatic rings. The van der Waals surface area contributed by atoms with Gasteiger partial charge in [-0.15, -0.1) is 11.3 Å². The summed E-state index contributed by atoms with van der Waals surface area (Å²) in [4.78, 5) is 2.44. The molecule has 0 aliphatic heterocycles. The van der Waals surface area contributed by atoms with Gasteiger partial charge in [-0.25, -0.2) is 0 Å². The highest BCUT2D eigenvalue weighted by Crippen LogP contribution is 2.53. The van der Waals surface area contributed by atoms with Crippen LogP contribution >= 0.6 is 11.3 Å². The highest BCUT2D eigenvalue weighted by Gasteiger charge is 2.37. The summed E-state index contributed by atoms with van der Waals surface area (Å²) < 4.78 is 6.13. The van der Waals surface area contributed by atoms with E-state index in [1.807, 2.05) is 0 Å². The van der Waals surface area contributed by atoms with Gasteiger partial charge in [0.25, 0.3) is 0 Å². The first-order valence-corrected chi connectivity index (χ1v) is 24.0. The Bertz CT molecular complexity index is 3940. The Morgan fingerprint density at radius 2 is 0.955 bits per heavy atom. The molecule has 0 radical (unpaired) electrons. The molecule has 0 saturated carbocycles. The first-order valence-electron chi connectivity index (χ1n) is 23.1. The van der Waals surface area contributed by atoms with Crippen LogP contribution in [0.4, 0.5) is 17.1 Å². The fourth-order valence-corrected chi connectivity index (χ4v) is 11.7. The van der Waals surface area contributed by atoms with Crippen molar-refractivity contribution >= 4 is 94.2 Å². The van der Waals surface area contributed by atoms with Crippen molar-refractivity contribution in [3.63, 3.8) is 0 Å². The van der Waals surface area contributed by atoms with Gasteiger partial charge in [0, 0.05) is 60.1 Å². The largest absolute Gasteiger partial charge is 0.310 e. The maximum atomic E-state index is 2.48. The highest BCUT2D eigenvalue weighted by atomic mass is 32.1. The third-order valence-electron chi connectivity index (χ3n) is 14.0. The van der Waals surface area contributed by atoms with Crippen molar-refractivity contribution in [1.82, 2.24) is 9.13 Å². The van der Waals surface area contributed by atoms with Crippen molar-refractivity contribution in [3.8, 4) is 22.5 Å². The predicted molar refractivity (Wildman–Crippen MR) is 287 cm³/mol. The molecule has 0 N–H and O–H groups in total. The molecule has 3 aromatic heterocycles. The van der Waals surface area contributed by atoms with E-state index < -0.39 is 0 Å². The van der Waals surface area contributed by atoms with Gasteiger partial charge in [-0.1, -0.05) is 147 Å². The van der Waals surface area contributed by atoms with Crippen molar-refractivity contribution in [1.29, 1.82) is 0 Å². The van der Waals surface area contributed by atoms with Crippen molar-refractivity contribution in [2.24, 2.45) is 0 Å². The lowest BCUT2D eigenvalue weighted by molar-refractivity contribution is 0.661. The topological polar surface area (TPSA) is 13.1 Å². The lowest BCUT2D eigenvalue weighted by Crippen LogP contribution is -2.16. The van der Waals surface area contributed by atoms with Crippen LogP contribution in [-0.4, -0.2) is 9.13 Å². The second-order valence-electron chi connectivity index (χ2n) is 18.2. The van der Waals surface area contributed by atoms with Crippen molar-refractivity contribution in [2.45, 2.75) is 19.3 Å². The van der Waals surface area contributed by atoms with E-state index in [9.17, 15) is 0 Å². The molecule has 4 heteroatoms. The average molecular weight is 876 g/mol. The summed E-state index contributed by atoms with van der Waals surface area (Å²) in [6.45, 7) is 4.80. The highest BCUT2D eigenvalue weighted by molar-refractivity contribution is 7.17. The van der Waals surface area contributed by atoms with Gasteiger partial charge in [0.15, 0.2) is 0 Å². The number of aromatic nitrogens is 2. The lowest BCUT2D eigenvalue weighted by Gasteiger charge is -2.28. The van der Waals surface area contributed by atoms with E-state index in [1.54, 1.807) is 11.3 Å². The quantitative estimate of drug-likeness (QED) is 0.139. The number of thiophene rings is 1. The summed E-state index contributed by atoms with van der Waals surface area (Å²) in [5.41, 5.74) is 18.0. The maximum Gasteiger partial charge on any atom is 0.0547 e. The second-order valence-corrected chi connectivity index (χ2v) is 19.1. The maximum absolute atomic E-state index is 2.48. The molecular weight excluding hydrogens is 831 g/mol. The smallest absolute Gasteiger partial charge is 0.0547 e. The fourth-order valence-electron chi connectivity index (χ4n) is 10.8. The summed E-state index contributed by atoms with van der Waals surface area (Å²) in [5, 5.41) is 8.55. The Labute approximate surface area is 394 Å². The summed E-state index contributed by atoms with van der Waals surface area (Å²) in [5.74, 6) is 0. The molecule has 1 aliphatic carbocycles. The van der Waals surface area contributed by atoms with Crippen molar-refractivity contribution in [3.05, 3.63) is 246 Å². The van der Waals surface area contributed by atoms with E-state index in [-0.39, 0.29) is 5.41 Å². The molecule has 13 rings (SSSR count). The Morgan fingerprint density at radius 1 is 0.418 bits per heavy atom. The number of fused-ring (bicyclic) bond motifs is 10. The molecule has 0 spiro atoms. The summed E-state index contributed by atoms with van der Waals surface area (Å²) in [6.07, 6.45) is 8.68. The van der Waals surface area contributed by atoms with Gasteiger partial charge in [-0.3, -0.25) is 0 Å². The molecular formula is C63H45N3S. The molecule has 3 heterocycles. The summed E-state index contributed by atoms with van der Waals surface area (Å²) in [6, 6.07) is 75.7. The zero-order valence-corrected chi connectivity index (χ0v) is 38.1. The lowest BCUT2D eigenvalue weighted by atomic mass is 9.82. The molecule has 0 saturated heterocycles. The molecule has 1 aliphatic rings. The number of nitrogens with zero attached hydrogens (tertiary/aromatic N) is 3. The SMILES string of the molecule is CC1(C)c2cc(N(c3ccc(/C=C/C=C\c4csc5ccccc45)cc3)c3ccc4c(c3)c3ccccc3n4-c3ccccc3)ccc2-c2cc3c(cc21)c1ccccc1n3-c1ccccc1. The molecule has 67 heavy (non-hydrogen) atoms. The average Bonchev–Trinajstić information content (AvgIpc) is 4.10. The van der Waals surface area contributed by atoms with E-state index in [2.05, 4.69) is 264 Å². The standard InChI is InChI=1S/C63H45N3S/c1-63(2)56-38-48(33-35-50(56)53-40-61-55(39-57(53)63)52-25-12-15-27-59(52)66(61)45-21-7-4-8-22-45)64(46-31-29-42(30-32-46)17-9-10-18-43-41-67-62-28-16-13-23-49(43)62)47-34-36-60-54(37-47)51-24-11-14-26-58(51)65(60)44-19-5-3-6-20-44/h3-41H,1-2H3/b17-9+,18-10-. The number of benzene rings is 9. The van der Waals surface area contributed by atoms with Crippen molar-refractivity contribution < 1.29 is 0 Å². The zero-order valence-electron chi connectivity index (χ0n) is 37.3. The van der Waals surface area contributed by atoms with Gasteiger partial charge in [0.1, 0.15) is 0 Å². The third-order valence-corrected chi connectivity index (χ3v) is 15.0. The fraction of sp³-hybridized carbons (Fsp3) is 0.0476. The minimum Gasteiger partial charge on any atom is -0.310 e. The molecule has 0 unspecified atom stereocenters. The monoisotopic (exact) mass is 875 g/mol. The van der Waals surface area contributed by atoms with E-state index in [0.29, 0.717) is 0 Å². The molecule has 3 nitrogen and oxygen atoms in total. The van der Waals surface area contributed by atoms with Crippen molar-refractivity contribution in [2.75, 3.05) is 4.90 Å². The number of hydrogen-bond acceptors (Lipinski definition) is 2. The molecule has 0 bridgehead atoms. The van der Waals surface area contributed by atoms with Crippen LogP contribution in [0.15, 0.2) is 224 Å². The van der Waals surface area contributed by atoms with Crippen LogP contribution in [0.1, 0.15) is 36.1 Å². The molecule has 0 atom stereocenters. The van der Waals surface area contributed by atoms with Crippen LogP contribution in [0, 0.1) is 0 Å². The van der Waals surface area contributed by atoms with E-state index in [4.69, 9.17) is 0 Å². The van der Waals surface area contributed by atoms with Gasteiger partial charge < -0.3 is 14.0 Å². The van der Waals surface area contributed by atoms with Gasteiger partial charge in [0.2, 0.25) is 0 Å². The summed E-state index contributed by atoms with van der Waals surface area (Å²) >= 11 is 1.79. The Hall–Kier alpha value is -8.18. The van der Waals surface area contributed by atoms with E-state index in [1.165, 1.54) is 87.2 Å². The number of allylic oxidation sites excluding steroid dienone is 2. The van der Waals surface area contributed by atoms with Crippen LogP contribution in [0.3, 0.4) is 0 Å². The van der Waals surface area contributed by atoms with E-state index in [0.717, 1.165) is 28.3 Å².